The second-order valence-electron chi connectivity index (χ2n) is 4.51. The Balaban J connectivity index is 1.76. The van der Waals surface area contributed by atoms with E-state index in [0.29, 0.717) is 4.47 Å². The summed E-state index contributed by atoms with van der Waals surface area (Å²) >= 11 is 7.29. The van der Waals surface area contributed by atoms with Crippen molar-refractivity contribution >= 4 is 28.6 Å². The van der Waals surface area contributed by atoms with Crippen LogP contribution in [-0.4, -0.2) is 11.6 Å². The maximum Gasteiger partial charge on any atom is 0.183 e. The maximum absolute atomic E-state index is 5.80. The van der Waals surface area contributed by atoms with Gasteiger partial charge in [0.25, 0.3) is 0 Å². The number of nitrogens with one attached hydrogen (secondary N) is 1. The Morgan fingerprint density at radius 3 is 2.70 bits per heavy atom. The summed E-state index contributed by atoms with van der Waals surface area (Å²) in [5.74, 6) is 0.924. The van der Waals surface area contributed by atoms with Gasteiger partial charge in [0, 0.05) is 16.8 Å². The van der Waals surface area contributed by atoms with Gasteiger partial charge in [-0.25, -0.2) is 4.98 Å². The zero-order chi connectivity index (χ0) is 14.2. The van der Waals surface area contributed by atoms with Gasteiger partial charge in [-0.3, -0.25) is 0 Å². The van der Waals surface area contributed by atoms with Crippen molar-refractivity contribution in [2.45, 2.75) is 32.7 Å². The van der Waals surface area contributed by atoms with Crippen molar-refractivity contribution in [1.29, 1.82) is 0 Å². The average Bonchev–Trinajstić information content (AvgIpc) is 2.88. The normalized spacial score (nSPS) is 10.5. The van der Waals surface area contributed by atoms with Crippen LogP contribution in [0.15, 0.2) is 30.5 Å². The van der Waals surface area contributed by atoms with Crippen LogP contribution in [0.4, 0.5) is 5.69 Å². The molecule has 0 fully saturated rings. The smallest absolute Gasteiger partial charge is 0.183 e. The highest BCUT2D eigenvalue weighted by Gasteiger charge is 2.00. The molecule has 108 valence electrons. The fourth-order valence-corrected chi connectivity index (χ4v) is 2.68. The lowest BCUT2D eigenvalue weighted by atomic mass is 10.2. The van der Waals surface area contributed by atoms with Crippen molar-refractivity contribution in [1.82, 2.24) is 4.98 Å². The lowest BCUT2D eigenvalue weighted by Crippen LogP contribution is -1.99. The molecule has 0 saturated carbocycles. The SMILES string of the molecule is CCCCCOc1ccc(NCc2cnc(Cl)s2)cc1. The predicted molar refractivity (Wildman–Crippen MR) is 85.9 cm³/mol. The third-order valence-electron chi connectivity index (χ3n) is 2.86. The van der Waals surface area contributed by atoms with E-state index < -0.39 is 0 Å². The van der Waals surface area contributed by atoms with Gasteiger partial charge in [-0.05, 0) is 30.7 Å². The number of hydrogen-bond acceptors (Lipinski definition) is 4. The molecule has 1 N–H and O–H groups in total. The first-order valence-corrected chi connectivity index (χ1v) is 8.04. The molecule has 2 rings (SSSR count). The van der Waals surface area contributed by atoms with Crippen LogP contribution in [0.2, 0.25) is 4.47 Å². The molecule has 0 atom stereocenters. The molecule has 0 amide bonds. The Bertz CT molecular complexity index is 513. The molecule has 20 heavy (non-hydrogen) atoms. The van der Waals surface area contributed by atoms with Crippen LogP contribution in [0.3, 0.4) is 0 Å². The molecular formula is C15H19ClN2OS. The first-order chi connectivity index (χ1) is 9.78. The number of thiazole rings is 1. The van der Waals surface area contributed by atoms with Gasteiger partial charge >= 0.3 is 0 Å². The van der Waals surface area contributed by atoms with Crippen molar-refractivity contribution < 1.29 is 4.74 Å². The number of unbranched alkanes of at least 4 members (excludes halogenated alkanes) is 2. The van der Waals surface area contributed by atoms with Gasteiger partial charge < -0.3 is 10.1 Å². The molecule has 0 aliphatic carbocycles. The Morgan fingerprint density at radius 1 is 1.25 bits per heavy atom. The quantitative estimate of drug-likeness (QED) is 0.698. The summed E-state index contributed by atoms with van der Waals surface area (Å²) in [5.41, 5.74) is 1.07. The summed E-state index contributed by atoms with van der Waals surface area (Å²) in [6.07, 6.45) is 5.35. The highest BCUT2D eigenvalue weighted by atomic mass is 35.5. The van der Waals surface area contributed by atoms with Gasteiger partial charge in [-0.15, -0.1) is 11.3 Å². The van der Waals surface area contributed by atoms with Crippen LogP contribution in [0.5, 0.6) is 5.75 Å². The standard InChI is InChI=1S/C15H19ClN2OS/c1-2-3-4-9-19-13-7-5-12(6-8-13)17-10-14-11-18-15(16)20-14/h5-8,11,17H,2-4,9-10H2,1H3. The summed E-state index contributed by atoms with van der Waals surface area (Å²) in [7, 11) is 0. The first-order valence-electron chi connectivity index (χ1n) is 6.85. The first kappa shape index (κ1) is 15.1. The van der Waals surface area contributed by atoms with Crippen molar-refractivity contribution in [2.75, 3.05) is 11.9 Å². The summed E-state index contributed by atoms with van der Waals surface area (Å²) in [5, 5.41) is 3.33. The fourth-order valence-electron chi connectivity index (χ4n) is 1.77. The number of halogens is 1. The Labute approximate surface area is 129 Å². The van der Waals surface area contributed by atoms with Crippen LogP contribution >= 0.6 is 22.9 Å². The lowest BCUT2D eigenvalue weighted by Gasteiger charge is -2.08. The van der Waals surface area contributed by atoms with Gasteiger partial charge in [0.1, 0.15) is 5.75 Å². The average molecular weight is 311 g/mol. The molecule has 0 aliphatic rings. The van der Waals surface area contributed by atoms with Crippen LogP contribution in [0.25, 0.3) is 0 Å². The molecule has 0 aliphatic heterocycles. The number of nitrogens with zero attached hydrogens (tertiary/aromatic N) is 1. The topological polar surface area (TPSA) is 34.1 Å². The fraction of sp³-hybridized carbons (Fsp3) is 0.400. The maximum atomic E-state index is 5.80. The monoisotopic (exact) mass is 310 g/mol. The van der Waals surface area contributed by atoms with Crippen LogP contribution in [0.1, 0.15) is 31.1 Å². The van der Waals surface area contributed by atoms with Gasteiger partial charge in [0.05, 0.1) is 13.2 Å². The molecule has 3 nitrogen and oxygen atoms in total. The lowest BCUT2D eigenvalue weighted by molar-refractivity contribution is 0.306. The third-order valence-corrected chi connectivity index (χ3v) is 3.98. The van der Waals surface area contributed by atoms with E-state index in [1.807, 2.05) is 24.3 Å². The second kappa shape index (κ2) is 8.12. The Morgan fingerprint density at radius 2 is 2.05 bits per heavy atom. The van der Waals surface area contributed by atoms with Gasteiger partial charge in [-0.2, -0.15) is 0 Å². The molecular weight excluding hydrogens is 292 g/mol. The molecule has 0 spiro atoms. The predicted octanol–water partition coefficient (Wildman–Crippen LogP) is 4.98. The third kappa shape index (κ3) is 5.02. The molecule has 0 bridgehead atoms. The van der Waals surface area contributed by atoms with E-state index in [2.05, 4.69) is 17.2 Å². The second-order valence-corrected chi connectivity index (χ2v) is 6.21. The molecule has 1 aromatic carbocycles. The molecule has 5 heteroatoms. The van der Waals surface area contributed by atoms with Gasteiger partial charge in [0.15, 0.2) is 4.47 Å². The number of benzene rings is 1. The minimum absolute atomic E-state index is 0.581. The van der Waals surface area contributed by atoms with E-state index in [1.54, 1.807) is 6.20 Å². The van der Waals surface area contributed by atoms with E-state index in [9.17, 15) is 0 Å². The van der Waals surface area contributed by atoms with Crippen molar-refractivity contribution in [3.05, 3.63) is 39.8 Å². The Kier molecular flexibility index (Phi) is 6.15. The van der Waals surface area contributed by atoms with Crippen molar-refractivity contribution in [3.63, 3.8) is 0 Å². The van der Waals surface area contributed by atoms with E-state index in [-0.39, 0.29) is 0 Å². The van der Waals surface area contributed by atoms with E-state index in [0.717, 1.165) is 35.9 Å². The molecule has 2 aromatic rings. The van der Waals surface area contributed by atoms with Gasteiger partial charge in [-0.1, -0.05) is 31.4 Å². The molecule has 1 aromatic heterocycles. The molecule has 0 saturated heterocycles. The van der Waals surface area contributed by atoms with Crippen molar-refractivity contribution in [2.24, 2.45) is 0 Å². The van der Waals surface area contributed by atoms with E-state index in [4.69, 9.17) is 16.3 Å². The summed E-state index contributed by atoms with van der Waals surface area (Å²) in [6, 6.07) is 8.04. The minimum Gasteiger partial charge on any atom is -0.494 e. The largest absolute Gasteiger partial charge is 0.494 e. The van der Waals surface area contributed by atoms with Gasteiger partial charge in [0.2, 0.25) is 0 Å². The summed E-state index contributed by atoms with van der Waals surface area (Å²) in [6.45, 7) is 3.72. The van der Waals surface area contributed by atoms with Crippen molar-refractivity contribution in [3.8, 4) is 5.75 Å². The molecule has 1 heterocycles. The highest BCUT2D eigenvalue weighted by molar-refractivity contribution is 7.15. The zero-order valence-electron chi connectivity index (χ0n) is 11.6. The van der Waals surface area contributed by atoms with Crippen LogP contribution in [-0.2, 0) is 6.54 Å². The number of rotatable bonds is 8. The minimum atomic E-state index is 0.581. The number of aromatic nitrogens is 1. The summed E-state index contributed by atoms with van der Waals surface area (Å²) < 4.78 is 6.26. The molecule has 0 unspecified atom stereocenters. The summed E-state index contributed by atoms with van der Waals surface area (Å²) in [4.78, 5) is 5.14. The zero-order valence-corrected chi connectivity index (χ0v) is 13.1. The molecule has 0 radical (unpaired) electrons. The number of hydrogen-bond donors (Lipinski definition) is 1. The number of ether oxygens (including phenoxy) is 1. The van der Waals surface area contributed by atoms with E-state index >= 15 is 0 Å². The number of anilines is 1. The van der Waals surface area contributed by atoms with E-state index in [1.165, 1.54) is 24.2 Å². The highest BCUT2D eigenvalue weighted by Crippen LogP contribution is 2.20. The Hall–Kier alpha value is -1.26. The van der Waals surface area contributed by atoms with Crippen LogP contribution in [0, 0.1) is 0 Å². The van der Waals surface area contributed by atoms with Crippen LogP contribution < -0.4 is 10.1 Å².